The number of hydrogen-bond acceptors (Lipinski definition) is 5. The first-order valence-corrected chi connectivity index (χ1v) is 10.2. The first-order chi connectivity index (χ1) is 12.6. The monoisotopic (exact) mass is 412 g/mol. The predicted molar refractivity (Wildman–Crippen MR) is 108 cm³/mol. The highest BCUT2D eigenvalue weighted by Gasteiger charge is 2.17. The van der Waals surface area contributed by atoms with Crippen LogP contribution in [0.1, 0.15) is 12.8 Å². The summed E-state index contributed by atoms with van der Waals surface area (Å²) < 4.78 is 38.2. The van der Waals surface area contributed by atoms with E-state index in [0.29, 0.717) is 24.0 Å². The fraction of sp³-hybridized carbons (Fsp3) is 0.368. The lowest BCUT2D eigenvalue weighted by Gasteiger charge is -2.11. The lowest BCUT2D eigenvalue weighted by atomic mass is 10.1. The predicted octanol–water partition coefficient (Wildman–Crippen LogP) is 3.19. The van der Waals surface area contributed by atoms with E-state index in [1.165, 1.54) is 0 Å². The Bertz CT molecular complexity index is 805. The van der Waals surface area contributed by atoms with Crippen LogP contribution in [-0.2, 0) is 10.0 Å². The topological polar surface area (TPSA) is 76.7 Å². The molecule has 1 saturated heterocycles. The second-order valence-electron chi connectivity index (χ2n) is 6.29. The van der Waals surface area contributed by atoms with Gasteiger partial charge in [0.2, 0.25) is 10.0 Å². The van der Waals surface area contributed by atoms with E-state index >= 15 is 0 Å². The molecule has 8 heteroatoms. The zero-order valence-electron chi connectivity index (χ0n) is 15.2. The van der Waals surface area contributed by atoms with Gasteiger partial charge in [-0.05, 0) is 80.4 Å². The van der Waals surface area contributed by atoms with Gasteiger partial charge < -0.3 is 14.8 Å². The molecule has 1 fully saturated rings. The van der Waals surface area contributed by atoms with Crippen LogP contribution in [-0.4, -0.2) is 35.2 Å². The van der Waals surface area contributed by atoms with Gasteiger partial charge in [0.05, 0.1) is 12.0 Å². The van der Waals surface area contributed by atoms with Crippen molar-refractivity contribution in [1.29, 1.82) is 0 Å². The van der Waals surface area contributed by atoms with Crippen molar-refractivity contribution in [1.82, 2.24) is 10.0 Å². The number of hydrogen-bond donors (Lipinski definition) is 2. The van der Waals surface area contributed by atoms with E-state index in [4.69, 9.17) is 9.47 Å². The van der Waals surface area contributed by atoms with Crippen LogP contribution < -0.4 is 19.5 Å². The van der Waals surface area contributed by atoms with Crippen molar-refractivity contribution in [3.8, 4) is 17.2 Å². The molecule has 0 radical (unpaired) electrons. The molecule has 1 aliphatic heterocycles. The van der Waals surface area contributed by atoms with Gasteiger partial charge in [-0.25, -0.2) is 13.1 Å². The van der Waals surface area contributed by atoms with Crippen molar-refractivity contribution in [2.24, 2.45) is 5.92 Å². The highest BCUT2D eigenvalue weighted by molar-refractivity contribution is 7.89. The molecule has 0 aliphatic carbocycles. The highest BCUT2D eigenvalue weighted by Crippen LogP contribution is 2.25. The van der Waals surface area contributed by atoms with Crippen LogP contribution >= 0.6 is 12.4 Å². The maximum absolute atomic E-state index is 12.4. The van der Waals surface area contributed by atoms with Gasteiger partial charge in [-0.3, -0.25) is 0 Å². The standard InChI is InChI=1S/C19H24N2O4S.ClH/c1-24-16-2-4-17(5-3-16)25-18-6-8-19(9-7-18)26(22,23)21-13-11-15-10-12-20-14-15;/h2-9,15,20-21H,10-14H2,1H3;1H. The molecule has 1 unspecified atom stereocenters. The summed E-state index contributed by atoms with van der Waals surface area (Å²) >= 11 is 0. The fourth-order valence-corrected chi connectivity index (χ4v) is 3.96. The number of benzene rings is 2. The molecule has 2 aromatic rings. The number of ether oxygens (including phenoxy) is 2. The van der Waals surface area contributed by atoms with Crippen LogP contribution in [0.25, 0.3) is 0 Å². The largest absolute Gasteiger partial charge is 0.497 e. The van der Waals surface area contributed by atoms with Crippen molar-refractivity contribution in [2.75, 3.05) is 26.7 Å². The Hall–Kier alpha value is -1.80. The summed E-state index contributed by atoms with van der Waals surface area (Å²) in [5.74, 6) is 2.53. The molecule has 0 bridgehead atoms. The van der Waals surface area contributed by atoms with E-state index in [9.17, 15) is 8.42 Å². The maximum Gasteiger partial charge on any atom is 0.240 e. The van der Waals surface area contributed by atoms with Gasteiger partial charge in [0.1, 0.15) is 17.2 Å². The zero-order chi connectivity index (χ0) is 18.4. The number of methoxy groups -OCH3 is 1. The minimum Gasteiger partial charge on any atom is -0.497 e. The molecule has 3 rings (SSSR count). The van der Waals surface area contributed by atoms with E-state index in [-0.39, 0.29) is 17.3 Å². The van der Waals surface area contributed by atoms with Crippen molar-refractivity contribution in [3.05, 3.63) is 48.5 Å². The molecule has 1 heterocycles. The first kappa shape index (κ1) is 21.5. The molecule has 6 nitrogen and oxygen atoms in total. The van der Waals surface area contributed by atoms with Crippen LogP contribution in [0.3, 0.4) is 0 Å². The average molecular weight is 413 g/mol. The van der Waals surface area contributed by atoms with Crippen molar-refractivity contribution in [3.63, 3.8) is 0 Å². The average Bonchev–Trinajstić information content (AvgIpc) is 3.16. The summed E-state index contributed by atoms with van der Waals surface area (Å²) in [5.41, 5.74) is 0. The van der Waals surface area contributed by atoms with E-state index in [1.807, 2.05) is 0 Å². The number of rotatable bonds is 8. The van der Waals surface area contributed by atoms with Gasteiger partial charge >= 0.3 is 0 Å². The summed E-state index contributed by atoms with van der Waals surface area (Å²) in [6, 6.07) is 13.6. The Morgan fingerprint density at radius 2 is 1.63 bits per heavy atom. The molecule has 148 valence electrons. The molecule has 1 aliphatic rings. The van der Waals surface area contributed by atoms with Crippen LogP contribution in [0.2, 0.25) is 0 Å². The highest BCUT2D eigenvalue weighted by atomic mass is 35.5. The number of halogens is 1. The van der Waals surface area contributed by atoms with Gasteiger partial charge in [-0.1, -0.05) is 0 Å². The molecule has 1 atom stereocenters. The molecule has 0 saturated carbocycles. The lowest BCUT2D eigenvalue weighted by molar-refractivity contribution is 0.413. The summed E-state index contributed by atoms with van der Waals surface area (Å²) in [6.07, 6.45) is 1.96. The minimum absolute atomic E-state index is 0. The Labute approximate surface area is 166 Å². The summed E-state index contributed by atoms with van der Waals surface area (Å²) in [6.45, 7) is 2.45. The summed E-state index contributed by atoms with van der Waals surface area (Å²) in [5, 5.41) is 3.29. The molecule has 0 spiro atoms. The van der Waals surface area contributed by atoms with Crippen LogP contribution in [0.4, 0.5) is 0 Å². The molecule has 2 N–H and O–H groups in total. The summed E-state index contributed by atoms with van der Waals surface area (Å²) in [4.78, 5) is 0.240. The van der Waals surface area contributed by atoms with Crippen LogP contribution in [0.5, 0.6) is 17.2 Å². The molecule has 2 aromatic carbocycles. The molecular formula is C19H25ClN2O4S. The van der Waals surface area contributed by atoms with Crippen LogP contribution in [0.15, 0.2) is 53.4 Å². The van der Waals surface area contributed by atoms with Gasteiger partial charge in [-0.15, -0.1) is 12.4 Å². The smallest absolute Gasteiger partial charge is 0.240 e. The Kier molecular flexibility index (Phi) is 7.91. The van der Waals surface area contributed by atoms with Gasteiger partial charge in [0.15, 0.2) is 0 Å². The Morgan fingerprint density at radius 1 is 1.04 bits per heavy atom. The van der Waals surface area contributed by atoms with Crippen molar-refractivity contribution in [2.45, 2.75) is 17.7 Å². The second kappa shape index (κ2) is 9.94. The van der Waals surface area contributed by atoms with Gasteiger partial charge in [0.25, 0.3) is 0 Å². The van der Waals surface area contributed by atoms with E-state index in [2.05, 4.69) is 10.0 Å². The molecule has 0 aromatic heterocycles. The quantitative estimate of drug-likeness (QED) is 0.696. The SMILES string of the molecule is COc1ccc(Oc2ccc(S(=O)(=O)NCCC3CCNC3)cc2)cc1.Cl. The minimum atomic E-state index is -3.49. The van der Waals surface area contributed by atoms with E-state index < -0.39 is 10.0 Å². The third kappa shape index (κ3) is 6.10. The maximum atomic E-state index is 12.4. The van der Waals surface area contributed by atoms with Gasteiger partial charge in [0, 0.05) is 6.54 Å². The molecule has 0 amide bonds. The molecular weight excluding hydrogens is 388 g/mol. The zero-order valence-corrected chi connectivity index (χ0v) is 16.8. The summed E-state index contributed by atoms with van der Waals surface area (Å²) in [7, 11) is -1.89. The lowest BCUT2D eigenvalue weighted by Crippen LogP contribution is -2.26. The van der Waals surface area contributed by atoms with Crippen LogP contribution in [0, 0.1) is 5.92 Å². The Morgan fingerprint density at radius 3 is 2.19 bits per heavy atom. The van der Waals surface area contributed by atoms with Gasteiger partial charge in [-0.2, -0.15) is 0 Å². The second-order valence-corrected chi connectivity index (χ2v) is 8.06. The third-order valence-corrected chi connectivity index (χ3v) is 5.91. The number of sulfonamides is 1. The van der Waals surface area contributed by atoms with E-state index in [0.717, 1.165) is 31.7 Å². The van der Waals surface area contributed by atoms with E-state index in [1.54, 1.807) is 55.6 Å². The molecule has 27 heavy (non-hydrogen) atoms. The Balaban J connectivity index is 0.00000261. The first-order valence-electron chi connectivity index (χ1n) is 8.69. The number of nitrogens with one attached hydrogen (secondary N) is 2. The van der Waals surface area contributed by atoms with Crippen molar-refractivity contribution >= 4 is 22.4 Å². The normalized spacial score (nSPS) is 16.6. The third-order valence-electron chi connectivity index (χ3n) is 4.44. The van der Waals surface area contributed by atoms with Crippen molar-refractivity contribution < 1.29 is 17.9 Å². The fourth-order valence-electron chi connectivity index (χ4n) is 2.91.